The van der Waals surface area contributed by atoms with Crippen molar-refractivity contribution in [1.29, 1.82) is 0 Å². The Bertz CT molecular complexity index is 430. The molecule has 17 heavy (non-hydrogen) atoms. The highest BCUT2D eigenvalue weighted by Gasteiger charge is 2.24. The van der Waals surface area contributed by atoms with Crippen molar-refractivity contribution in [2.24, 2.45) is 5.73 Å². The second-order valence-electron chi connectivity index (χ2n) is 3.93. The molecule has 1 saturated heterocycles. The fourth-order valence-electron chi connectivity index (χ4n) is 1.78. The Morgan fingerprint density at radius 3 is 2.76 bits per heavy atom. The van der Waals surface area contributed by atoms with Crippen molar-refractivity contribution in [3.05, 3.63) is 34.1 Å². The van der Waals surface area contributed by atoms with Crippen LogP contribution >= 0.6 is 28.3 Å². The SMILES string of the molecule is Cl.N[C@@H]1CCN(C(=O)c2ccc(F)c(Br)c2)C1. The van der Waals surface area contributed by atoms with E-state index in [0.717, 1.165) is 6.42 Å². The Labute approximate surface area is 114 Å². The smallest absolute Gasteiger partial charge is 0.253 e. The van der Waals surface area contributed by atoms with Gasteiger partial charge in [-0.15, -0.1) is 12.4 Å². The van der Waals surface area contributed by atoms with Crippen LogP contribution in [0.2, 0.25) is 0 Å². The first kappa shape index (κ1) is 14.4. The van der Waals surface area contributed by atoms with Crippen LogP contribution in [0.5, 0.6) is 0 Å². The molecule has 0 bridgehead atoms. The normalized spacial score (nSPS) is 19.0. The third kappa shape index (κ3) is 3.18. The van der Waals surface area contributed by atoms with Crippen LogP contribution in [0.3, 0.4) is 0 Å². The average Bonchev–Trinajstić information content (AvgIpc) is 2.68. The minimum absolute atomic E-state index is 0. The number of benzene rings is 1. The molecule has 1 aliphatic heterocycles. The molecule has 0 aromatic heterocycles. The number of nitrogens with two attached hydrogens (primary N) is 1. The van der Waals surface area contributed by atoms with Gasteiger partial charge in [-0.2, -0.15) is 0 Å². The predicted octanol–water partition coefficient (Wildman–Crippen LogP) is 2.18. The third-order valence-electron chi connectivity index (χ3n) is 2.68. The molecule has 1 aromatic rings. The first-order valence-corrected chi connectivity index (χ1v) is 5.87. The summed E-state index contributed by atoms with van der Waals surface area (Å²) in [5.41, 5.74) is 6.22. The Balaban J connectivity index is 0.00000144. The van der Waals surface area contributed by atoms with Crippen LogP contribution in [0.4, 0.5) is 4.39 Å². The van der Waals surface area contributed by atoms with Crippen molar-refractivity contribution < 1.29 is 9.18 Å². The summed E-state index contributed by atoms with van der Waals surface area (Å²) < 4.78 is 13.3. The van der Waals surface area contributed by atoms with Crippen LogP contribution in [0.15, 0.2) is 22.7 Å². The van der Waals surface area contributed by atoms with E-state index in [-0.39, 0.29) is 30.2 Å². The lowest BCUT2D eigenvalue weighted by Crippen LogP contribution is -2.31. The van der Waals surface area contributed by atoms with Crippen LogP contribution in [0.25, 0.3) is 0 Å². The standard InChI is InChI=1S/C11H12BrFN2O.ClH/c12-9-5-7(1-2-10(9)13)11(16)15-4-3-8(14)6-15;/h1-2,5,8H,3-4,6,14H2;1H/t8-;/m1./s1. The van der Waals surface area contributed by atoms with E-state index in [0.29, 0.717) is 23.1 Å². The molecule has 0 saturated carbocycles. The summed E-state index contributed by atoms with van der Waals surface area (Å²) in [5.74, 6) is -0.455. The number of likely N-dealkylation sites (tertiary alicyclic amines) is 1. The highest BCUT2D eigenvalue weighted by atomic mass is 79.9. The quantitative estimate of drug-likeness (QED) is 0.861. The molecule has 1 heterocycles. The molecular formula is C11H13BrClFN2O. The molecule has 1 aliphatic rings. The Kier molecular flexibility index (Phi) is 4.91. The number of rotatable bonds is 1. The summed E-state index contributed by atoms with van der Waals surface area (Å²) >= 11 is 3.06. The molecule has 6 heteroatoms. The maximum absolute atomic E-state index is 13.0. The third-order valence-corrected chi connectivity index (χ3v) is 3.29. The molecular weight excluding hydrogens is 310 g/mol. The van der Waals surface area contributed by atoms with Gasteiger partial charge < -0.3 is 10.6 Å². The predicted molar refractivity (Wildman–Crippen MR) is 69.8 cm³/mol. The minimum Gasteiger partial charge on any atom is -0.337 e. The first-order chi connectivity index (χ1) is 7.58. The van der Waals surface area contributed by atoms with E-state index in [9.17, 15) is 9.18 Å². The van der Waals surface area contributed by atoms with Gasteiger partial charge in [-0.3, -0.25) is 4.79 Å². The lowest BCUT2D eigenvalue weighted by atomic mass is 10.2. The van der Waals surface area contributed by atoms with Gasteiger partial charge in [0.15, 0.2) is 0 Å². The van der Waals surface area contributed by atoms with Gasteiger partial charge >= 0.3 is 0 Å². The average molecular weight is 324 g/mol. The lowest BCUT2D eigenvalue weighted by molar-refractivity contribution is 0.0791. The van der Waals surface area contributed by atoms with Gasteiger partial charge in [0, 0.05) is 24.7 Å². The molecule has 1 fully saturated rings. The van der Waals surface area contributed by atoms with Gasteiger partial charge in [0.25, 0.3) is 5.91 Å². The largest absolute Gasteiger partial charge is 0.337 e. The summed E-state index contributed by atoms with van der Waals surface area (Å²) in [6.07, 6.45) is 0.827. The molecule has 0 radical (unpaired) electrons. The number of amides is 1. The number of carbonyl (C=O) groups excluding carboxylic acids is 1. The fraction of sp³-hybridized carbons (Fsp3) is 0.364. The van der Waals surface area contributed by atoms with Crippen LogP contribution < -0.4 is 5.73 Å². The summed E-state index contributed by atoms with van der Waals surface area (Å²) in [6, 6.07) is 4.34. The molecule has 1 amide bonds. The summed E-state index contributed by atoms with van der Waals surface area (Å²) in [6.45, 7) is 1.25. The van der Waals surface area contributed by atoms with E-state index >= 15 is 0 Å². The van der Waals surface area contributed by atoms with Crippen LogP contribution in [0, 0.1) is 5.82 Å². The fourth-order valence-corrected chi connectivity index (χ4v) is 2.16. The van der Waals surface area contributed by atoms with Gasteiger partial charge in [0.05, 0.1) is 4.47 Å². The second-order valence-corrected chi connectivity index (χ2v) is 4.78. The van der Waals surface area contributed by atoms with Gasteiger partial charge in [0.2, 0.25) is 0 Å². The maximum Gasteiger partial charge on any atom is 0.253 e. The Morgan fingerprint density at radius 2 is 2.24 bits per heavy atom. The number of carbonyl (C=O) groups is 1. The van der Waals surface area contributed by atoms with Gasteiger partial charge in [-0.1, -0.05) is 0 Å². The monoisotopic (exact) mass is 322 g/mol. The van der Waals surface area contributed by atoms with E-state index in [2.05, 4.69) is 15.9 Å². The van der Waals surface area contributed by atoms with Gasteiger partial charge in [0.1, 0.15) is 5.82 Å². The van der Waals surface area contributed by atoms with Crippen LogP contribution in [0.1, 0.15) is 16.8 Å². The number of nitrogens with zero attached hydrogens (tertiary/aromatic N) is 1. The van der Waals surface area contributed by atoms with E-state index in [4.69, 9.17) is 5.73 Å². The van der Waals surface area contributed by atoms with Crippen molar-refractivity contribution in [1.82, 2.24) is 4.90 Å². The van der Waals surface area contributed by atoms with Crippen LogP contribution in [-0.2, 0) is 0 Å². The highest BCUT2D eigenvalue weighted by Crippen LogP contribution is 2.19. The first-order valence-electron chi connectivity index (χ1n) is 5.08. The zero-order valence-electron chi connectivity index (χ0n) is 9.03. The highest BCUT2D eigenvalue weighted by molar-refractivity contribution is 9.10. The molecule has 2 rings (SSSR count). The van der Waals surface area contributed by atoms with Gasteiger partial charge in [-0.05, 0) is 40.5 Å². The molecule has 2 N–H and O–H groups in total. The van der Waals surface area contributed by atoms with E-state index < -0.39 is 0 Å². The Morgan fingerprint density at radius 1 is 1.53 bits per heavy atom. The summed E-state index contributed by atoms with van der Waals surface area (Å²) in [7, 11) is 0. The van der Waals surface area contributed by atoms with Crippen molar-refractivity contribution in [2.75, 3.05) is 13.1 Å². The Hall–Kier alpha value is -0.650. The summed E-state index contributed by atoms with van der Waals surface area (Å²) in [4.78, 5) is 13.7. The molecule has 1 atom stereocenters. The van der Waals surface area contributed by atoms with Crippen molar-refractivity contribution in [2.45, 2.75) is 12.5 Å². The molecule has 0 unspecified atom stereocenters. The van der Waals surface area contributed by atoms with Crippen LogP contribution in [-0.4, -0.2) is 29.9 Å². The van der Waals surface area contributed by atoms with E-state index in [1.165, 1.54) is 18.2 Å². The topological polar surface area (TPSA) is 46.3 Å². The minimum atomic E-state index is -0.366. The van der Waals surface area contributed by atoms with E-state index in [1.807, 2.05) is 0 Å². The van der Waals surface area contributed by atoms with Crippen molar-refractivity contribution >= 4 is 34.2 Å². The van der Waals surface area contributed by atoms with Gasteiger partial charge in [-0.25, -0.2) is 4.39 Å². The molecule has 0 aliphatic carbocycles. The zero-order valence-corrected chi connectivity index (χ0v) is 11.4. The number of halogens is 3. The van der Waals surface area contributed by atoms with Crippen molar-refractivity contribution in [3.63, 3.8) is 0 Å². The number of hydrogen-bond donors (Lipinski definition) is 1. The number of hydrogen-bond acceptors (Lipinski definition) is 2. The molecule has 3 nitrogen and oxygen atoms in total. The summed E-state index contributed by atoms with van der Waals surface area (Å²) in [5, 5.41) is 0. The maximum atomic E-state index is 13.0. The second kappa shape index (κ2) is 5.80. The molecule has 1 aromatic carbocycles. The van der Waals surface area contributed by atoms with Crippen molar-refractivity contribution in [3.8, 4) is 0 Å². The molecule has 0 spiro atoms. The van der Waals surface area contributed by atoms with E-state index in [1.54, 1.807) is 4.90 Å². The lowest BCUT2D eigenvalue weighted by Gasteiger charge is -2.15. The molecule has 94 valence electrons. The zero-order chi connectivity index (χ0) is 11.7.